The van der Waals surface area contributed by atoms with E-state index in [0.29, 0.717) is 17.7 Å². The van der Waals surface area contributed by atoms with Crippen molar-refractivity contribution in [3.05, 3.63) is 36.0 Å². The Balaban J connectivity index is 1.35. The molecule has 0 bridgehead atoms. The zero-order valence-corrected chi connectivity index (χ0v) is 14.5. The highest BCUT2D eigenvalue weighted by Crippen LogP contribution is 2.34. The summed E-state index contributed by atoms with van der Waals surface area (Å²) in [7, 11) is 0. The first-order chi connectivity index (χ1) is 11.8. The van der Waals surface area contributed by atoms with E-state index in [1.165, 1.54) is 48.6 Å². The molecular weight excluding hydrogens is 296 g/mol. The van der Waals surface area contributed by atoms with Gasteiger partial charge in [0.05, 0.1) is 0 Å². The molecule has 1 aromatic carbocycles. The van der Waals surface area contributed by atoms with Gasteiger partial charge in [-0.05, 0) is 49.1 Å². The third kappa shape index (κ3) is 3.22. The summed E-state index contributed by atoms with van der Waals surface area (Å²) in [6.07, 6.45) is 11.7. The zero-order chi connectivity index (χ0) is 16.4. The quantitative estimate of drug-likeness (QED) is 0.861. The van der Waals surface area contributed by atoms with Gasteiger partial charge >= 0.3 is 0 Å². The van der Waals surface area contributed by atoms with Crippen LogP contribution >= 0.6 is 0 Å². The average molecular weight is 324 g/mol. The molecule has 24 heavy (non-hydrogen) atoms. The number of piperidine rings is 1. The van der Waals surface area contributed by atoms with Gasteiger partial charge in [-0.1, -0.05) is 37.5 Å². The number of para-hydroxylation sites is 1. The summed E-state index contributed by atoms with van der Waals surface area (Å²) in [6.45, 7) is 1.85. The summed E-state index contributed by atoms with van der Waals surface area (Å²) in [6, 6.07) is 8.54. The summed E-state index contributed by atoms with van der Waals surface area (Å²) < 4.78 is 0. The van der Waals surface area contributed by atoms with Gasteiger partial charge in [0, 0.05) is 36.6 Å². The molecule has 1 saturated heterocycles. The van der Waals surface area contributed by atoms with Crippen LogP contribution in [0.4, 0.5) is 0 Å². The number of amides is 1. The van der Waals surface area contributed by atoms with E-state index in [4.69, 9.17) is 0 Å². The molecule has 1 N–H and O–H groups in total. The standard InChI is InChI=1S/C21H28N2O/c24-21(14-16-6-2-1-3-7-16)23-12-10-17(11-13-23)19-15-22-20-9-5-4-8-18(19)20/h4-5,8-9,15-17,22H,1-3,6-7,10-14H2. The van der Waals surface area contributed by atoms with Gasteiger partial charge in [-0.3, -0.25) is 4.79 Å². The molecule has 2 aromatic rings. The number of likely N-dealkylation sites (tertiary alicyclic amines) is 1. The number of nitrogens with zero attached hydrogens (tertiary/aromatic N) is 1. The summed E-state index contributed by atoms with van der Waals surface area (Å²) >= 11 is 0. The average Bonchev–Trinajstić information content (AvgIpc) is 3.07. The molecule has 1 aromatic heterocycles. The minimum absolute atomic E-state index is 0.402. The summed E-state index contributed by atoms with van der Waals surface area (Å²) in [5.41, 5.74) is 2.66. The smallest absolute Gasteiger partial charge is 0.222 e. The molecule has 3 heteroatoms. The molecule has 2 heterocycles. The van der Waals surface area contributed by atoms with Crippen LogP contribution in [0.3, 0.4) is 0 Å². The number of H-pyrrole nitrogens is 1. The first-order valence-corrected chi connectivity index (χ1v) is 9.65. The van der Waals surface area contributed by atoms with E-state index in [9.17, 15) is 4.79 Å². The van der Waals surface area contributed by atoms with Crippen LogP contribution in [0.1, 0.15) is 62.8 Å². The van der Waals surface area contributed by atoms with Crippen LogP contribution in [-0.4, -0.2) is 28.9 Å². The number of nitrogens with one attached hydrogen (secondary N) is 1. The summed E-state index contributed by atoms with van der Waals surface area (Å²) in [5, 5.41) is 1.35. The number of carbonyl (C=O) groups is 1. The second-order valence-corrected chi connectivity index (χ2v) is 7.65. The molecule has 0 radical (unpaired) electrons. The largest absolute Gasteiger partial charge is 0.361 e. The molecular formula is C21H28N2O. The Hall–Kier alpha value is -1.77. The Morgan fingerprint density at radius 1 is 1.04 bits per heavy atom. The lowest BCUT2D eigenvalue weighted by molar-refractivity contribution is -0.133. The van der Waals surface area contributed by atoms with Crippen LogP contribution in [-0.2, 0) is 4.79 Å². The minimum Gasteiger partial charge on any atom is -0.361 e. The Bertz CT molecular complexity index is 691. The Morgan fingerprint density at radius 2 is 1.79 bits per heavy atom. The number of aromatic nitrogens is 1. The Morgan fingerprint density at radius 3 is 2.58 bits per heavy atom. The molecule has 3 nitrogen and oxygen atoms in total. The van der Waals surface area contributed by atoms with E-state index in [-0.39, 0.29) is 0 Å². The van der Waals surface area contributed by atoms with Gasteiger partial charge in [0.1, 0.15) is 0 Å². The predicted octanol–water partition coefficient (Wildman–Crippen LogP) is 4.84. The van der Waals surface area contributed by atoms with Crippen LogP contribution in [0.2, 0.25) is 0 Å². The topological polar surface area (TPSA) is 36.1 Å². The van der Waals surface area contributed by atoms with Crippen LogP contribution in [0.15, 0.2) is 30.5 Å². The molecule has 2 aliphatic rings. The third-order valence-corrected chi connectivity index (χ3v) is 6.10. The maximum absolute atomic E-state index is 12.6. The lowest BCUT2D eigenvalue weighted by Gasteiger charge is -2.33. The first-order valence-electron chi connectivity index (χ1n) is 9.65. The number of carbonyl (C=O) groups excluding carboxylic acids is 1. The SMILES string of the molecule is O=C(CC1CCCCC1)N1CCC(c2c[nH]c3ccccc23)CC1. The molecule has 128 valence electrons. The number of fused-ring (bicyclic) bond motifs is 1. The van der Waals surface area contributed by atoms with Crippen molar-refractivity contribution in [1.82, 2.24) is 9.88 Å². The lowest BCUT2D eigenvalue weighted by atomic mass is 9.85. The van der Waals surface area contributed by atoms with E-state index < -0.39 is 0 Å². The van der Waals surface area contributed by atoms with Crippen LogP contribution < -0.4 is 0 Å². The third-order valence-electron chi connectivity index (χ3n) is 6.10. The fraction of sp³-hybridized carbons (Fsp3) is 0.571. The maximum atomic E-state index is 12.6. The van der Waals surface area contributed by atoms with Crippen LogP contribution in [0.25, 0.3) is 10.9 Å². The number of rotatable bonds is 3. The highest BCUT2D eigenvalue weighted by molar-refractivity contribution is 5.83. The van der Waals surface area contributed by atoms with E-state index >= 15 is 0 Å². The van der Waals surface area contributed by atoms with E-state index in [2.05, 4.69) is 40.3 Å². The second kappa shape index (κ2) is 7.00. The molecule has 1 aliphatic heterocycles. The molecule has 2 fully saturated rings. The van der Waals surface area contributed by atoms with Crippen molar-refractivity contribution in [1.29, 1.82) is 0 Å². The van der Waals surface area contributed by atoms with Crippen LogP contribution in [0.5, 0.6) is 0 Å². The lowest BCUT2D eigenvalue weighted by Crippen LogP contribution is -2.38. The number of hydrogen-bond acceptors (Lipinski definition) is 1. The molecule has 0 atom stereocenters. The van der Waals surface area contributed by atoms with Crippen molar-refractivity contribution >= 4 is 16.8 Å². The van der Waals surface area contributed by atoms with Crippen molar-refractivity contribution in [3.63, 3.8) is 0 Å². The number of aromatic amines is 1. The van der Waals surface area contributed by atoms with Gasteiger partial charge in [0.2, 0.25) is 5.91 Å². The zero-order valence-electron chi connectivity index (χ0n) is 14.5. The molecule has 1 aliphatic carbocycles. The fourth-order valence-corrected chi connectivity index (χ4v) is 4.64. The number of benzene rings is 1. The van der Waals surface area contributed by atoms with Gasteiger partial charge in [0.25, 0.3) is 0 Å². The molecule has 4 rings (SSSR count). The predicted molar refractivity (Wildman–Crippen MR) is 98.0 cm³/mol. The van der Waals surface area contributed by atoms with E-state index in [0.717, 1.165) is 32.4 Å². The monoisotopic (exact) mass is 324 g/mol. The number of hydrogen-bond donors (Lipinski definition) is 1. The van der Waals surface area contributed by atoms with Crippen molar-refractivity contribution in [2.75, 3.05) is 13.1 Å². The Labute approximate surface area is 144 Å². The van der Waals surface area contributed by atoms with Crippen molar-refractivity contribution in [3.8, 4) is 0 Å². The van der Waals surface area contributed by atoms with E-state index in [1.807, 2.05) is 0 Å². The van der Waals surface area contributed by atoms with E-state index in [1.54, 1.807) is 0 Å². The van der Waals surface area contributed by atoms with Gasteiger partial charge in [-0.2, -0.15) is 0 Å². The Kier molecular flexibility index (Phi) is 4.59. The summed E-state index contributed by atoms with van der Waals surface area (Å²) in [4.78, 5) is 18.1. The fourth-order valence-electron chi connectivity index (χ4n) is 4.64. The second-order valence-electron chi connectivity index (χ2n) is 7.65. The minimum atomic E-state index is 0.402. The highest BCUT2D eigenvalue weighted by Gasteiger charge is 2.27. The first kappa shape index (κ1) is 15.7. The maximum Gasteiger partial charge on any atom is 0.222 e. The van der Waals surface area contributed by atoms with Gasteiger partial charge in [-0.15, -0.1) is 0 Å². The van der Waals surface area contributed by atoms with Gasteiger partial charge < -0.3 is 9.88 Å². The van der Waals surface area contributed by atoms with Crippen molar-refractivity contribution in [2.45, 2.75) is 57.3 Å². The van der Waals surface area contributed by atoms with Crippen molar-refractivity contribution < 1.29 is 4.79 Å². The molecule has 0 spiro atoms. The normalized spacial score (nSPS) is 20.6. The van der Waals surface area contributed by atoms with Crippen molar-refractivity contribution in [2.24, 2.45) is 5.92 Å². The van der Waals surface area contributed by atoms with Gasteiger partial charge in [0.15, 0.2) is 0 Å². The highest BCUT2D eigenvalue weighted by atomic mass is 16.2. The summed E-state index contributed by atoms with van der Waals surface area (Å²) in [5.74, 6) is 1.64. The molecule has 1 saturated carbocycles. The van der Waals surface area contributed by atoms with Crippen LogP contribution in [0, 0.1) is 5.92 Å². The molecule has 1 amide bonds. The molecule has 0 unspecified atom stereocenters. The van der Waals surface area contributed by atoms with Gasteiger partial charge in [-0.25, -0.2) is 0 Å².